The van der Waals surface area contributed by atoms with E-state index in [2.05, 4.69) is 40.0 Å². The van der Waals surface area contributed by atoms with Gasteiger partial charge >= 0.3 is 0 Å². The molecular formula is C12H18BrN5. The van der Waals surface area contributed by atoms with Crippen LogP contribution in [0.15, 0.2) is 10.7 Å². The van der Waals surface area contributed by atoms with Gasteiger partial charge in [0.15, 0.2) is 0 Å². The molecule has 0 aliphatic carbocycles. The van der Waals surface area contributed by atoms with Gasteiger partial charge in [-0.2, -0.15) is 10.2 Å². The van der Waals surface area contributed by atoms with Gasteiger partial charge in [0, 0.05) is 18.3 Å². The van der Waals surface area contributed by atoms with Gasteiger partial charge in [0.2, 0.25) is 0 Å². The molecule has 18 heavy (non-hydrogen) atoms. The van der Waals surface area contributed by atoms with E-state index < -0.39 is 0 Å². The van der Waals surface area contributed by atoms with Crippen LogP contribution in [-0.4, -0.2) is 19.6 Å². The molecule has 0 unspecified atom stereocenters. The van der Waals surface area contributed by atoms with Crippen molar-refractivity contribution in [1.29, 1.82) is 0 Å². The maximum absolute atomic E-state index is 5.77. The maximum atomic E-state index is 5.77. The lowest BCUT2D eigenvalue weighted by molar-refractivity contribution is 0.573. The van der Waals surface area contributed by atoms with Crippen LogP contribution in [0.25, 0.3) is 0 Å². The topological polar surface area (TPSA) is 61.7 Å². The number of rotatable bonds is 4. The first kappa shape index (κ1) is 13.1. The van der Waals surface area contributed by atoms with Crippen molar-refractivity contribution >= 4 is 21.7 Å². The van der Waals surface area contributed by atoms with Crippen LogP contribution in [0.4, 0.5) is 5.82 Å². The molecule has 2 aromatic rings. The summed E-state index contributed by atoms with van der Waals surface area (Å²) in [6, 6.07) is 0. The fraction of sp³-hybridized carbons (Fsp3) is 0.500. The number of halogens is 1. The molecule has 2 N–H and O–H groups in total. The fourth-order valence-corrected chi connectivity index (χ4v) is 2.63. The average molecular weight is 312 g/mol. The summed E-state index contributed by atoms with van der Waals surface area (Å²) in [6.45, 7) is 7.68. The summed E-state index contributed by atoms with van der Waals surface area (Å²) in [5.41, 5.74) is 8.99. The van der Waals surface area contributed by atoms with Crippen LogP contribution in [0.5, 0.6) is 0 Å². The molecule has 0 spiro atoms. The van der Waals surface area contributed by atoms with Crippen LogP contribution in [-0.2, 0) is 19.5 Å². The van der Waals surface area contributed by atoms with E-state index in [1.807, 2.05) is 22.5 Å². The molecular weight excluding hydrogens is 294 g/mol. The molecule has 0 saturated heterocycles. The van der Waals surface area contributed by atoms with Crippen molar-refractivity contribution in [3.8, 4) is 0 Å². The van der Waals surface area contributed by atoms with Crippen LogP contribution >= 0.6 is 15.9 Å². The monoisotopic (exact) mass is 311 g/mol. The number of nitrogen functional groups attached to an aromatic ring is 1. The van der Waals surface area contributed by atoms with E-state index in [1.165, 1.54) is 0 Å². The Morgan fingerprint density at radius 2 is 2.06 bits per heavy atom. The summed E-state index contributed by atoms with van der Waals surface area (Å²) >= 11 is 3.63. The van der Waals surface area contributed by atoms with Crippen LogP contribution < -0.4 is 5.73 Å². The first-order chi connectivity index (χ1) is 8.56. The van der Waals surface area contributed by atoms with E-state index in [-0.39, 0.29) is 0 Å². The fourth-order valence-electron chi connectivity index (χ4n) is 1.94. The Balaban J connectivity index is 2.35. The molecule has 2 aromatic heterocycles. The molecule has 98 valence electrons. The third kappa shape index (κ3) is 2.29. The first-order valence-corrected chi connectivity index (χ1v) is 6.89. The second-order valence-corrected chi connectivity index (χ2v) is 5.06. The Kier molecular flexibility index (Phi) is 3.75. The summed E-state index contributed by atoms with van der Waals surface area (Å²) in [5, 5.41) is 8.86. The zero-order valence-corrected chi connectivity index (χ0v) is 12.5. The van der Waals surface area contributed by atoms with Crippen molar-refractivity contribution in [3.63, 3.8) is 0 Å². The van der Waals surface area contributed by atoms with Gasteiger partial charge < -0.3 is 5.73 Å². The largest absolute Gasteiger partial charge is 0.382 e. The predicted octanol–water partition coefficient (Wildman–Crippen LogP) is 2.36. The summed E-state index contributed by atoms with van der Waals surface area (Å²) in [4.78, 5) is 0. The molecule has 0 aliphatic heterocycles. The van der Waals surface area contributed by atoms with Gasteiger partial charge in [-0.15, -0.1) is 0 Å². The minimum Gasteiger partial charge on any atom is -0.382 e. The van der Waals surface area contributed by atoms with Crippen molar-refractivity contribution in [2.45, 2.75) is 40.3 Å². The zero-order chi connectivity index (χ0) is 13.3. The molecule has 0 aliphatic rings. The SMILES string of the molecule is CCc1nn(CC)c(Cn2cc(C)c(N)n2)c1Br. The molecule has 0 radical (unpaired) electrons. The molecule has 0 atom stereocenters. The third-order valence-corrected chi connectivity index (χ3v) is 3.90. The Hall–Kier alpha value is -1.30. The molecule has 0 amide bonds. The number of anilines is 1. The second kappa shape index (κ2) is 5.14. The molecule has 6 heteroatoms. The van der Waals surface area contributed by atoms with E-state index in [0.29, 0.717) is 12.4 Å². The predicted molar refractivity (Wildman–Crippen MR) is 75.5 cm³/mol. The summed E-state index contributed by atoms with van der Waals surface area (Å²) < 4.78 is 4.95. The van der Waals surface area contributed by atoms with E-state index in [4.69, 9.17) is 5.73 Å². The number of hydrogen-bond acceptors (Lipinski definition) is 3. The Morgan fingerprint density at radius 3 is 2.56 bits per heavy atom. The number of nitrogens with zero attached hydrogens (tertiary/aromatic N) is 4. The number of hydrogen-bond donors (Lipinski definition) is 1. The van der Waals surface area contributed by atoms with Crippen LogP contribution in [0.3, 0.4) is 0 Å². The van der Waals surface area contributed by atoms with E-state index in [1.54, 1.807) is 0 Å². The lowest BCUT2D eigenvalue weighted by Crippen LogP contribution is -2.09. The second-order valence-electron chi connectivity index (χ2n) is 4.27. The molecule has 0 bridgehead atoms. The number of aromatic nitrogens is 4. The van der Waals surface area contributed by atoms with Gasteiger partial charge in [0.25, 0.3) is 0 Å². The van der Waals surface area contributed by atoms with Crippen molar-refractivity contribution in [1.82, 2.24) is 19.6 Å². The van der Waals surface area contributed by atoms with Gasteiger partial charge in [-0.3, -0.25) is 9.36 Å². The maximum Gasteiger partial charge on any atom is 0.148 e. The lowest BCUT2D eigenvalue weighted by Gasteiger charge is -2.05. The molecule has 0 fully saturated rings. The molecule has 2 heterocycles. The van der Waals surface area contributed by atoms with Crippen molar-refractivity contribution in [3.05, 3.63) is 27.6 Å². The Morgan fingerprint density at radius 1 is 1.33 bits per heavy atom. The number of aryl methyl sites for hydroxylation is 3. The highest BCUT2D eigenvalue weighted by molar-refractivity contribution is 9.10. The molecule has 0 saturated carbocycles. The van der Waals surface area contributed by atoms with E-state index >= 15 is 0 Å². The third-order valence-electron chi connectivity index (χ3n) is 2.99. The van der Waals surface area contributed by atoms with Crippen molar-refractivity contribution < 1.29 is 0 Å². The van der Waals surface area contributed by atoms with Crippen LogP contribution in [0.1, 0.15) is 30.8 Å². The number of nitrogens with two attached hydrogens (primary N) is 1. The molecule has 2 rings (SSSR count). The van der Waals surface area contributed by atoms with Gasteiger partial charge in [0.05, 0.1) is 22.4 Å². The summed E-state index contributed by atoms with van der Waals surface area (Å²) in [5.74, 6) is 0.587. The zero-order valence-electron chi connectivity index (χ0n) is 10.9. The van der Waals surface area contributed by atoms with Gasteiger partial charge in [-0.1, -0.05) is 6.92 Å². The smallest absolute Gasteiger partial charge is 0.148 e. The first-order valence-electron chi connectivity index (χ1n) is 6.10. The highest BCUT2D eigenvalue weighted by atomic mass is 79.9. The lowest BCUT2D eigenvalue weighted by atomic mass is 10.3. The van der Waals surface area contributed by atoms with Crippen LogP contribution in [0.2, 0.25) is 0 Å². The van der Waals surface area contributed by atoms with E-state index in [0.717, 1.165) is 34.4 Å². The minimum atomic E-state index is 0.587. The Bertz CT molecular complexity index is 536. The average Bonchev–Trinajstić information content (AvgIpc) is 2.82. The van der Waals surface area contributed by atoms with Gasteiger partial charge in [-0.25, -0.2) is 0 Å². The molecule has 5 nitrogen and oxygen atoms in total. The van der Waals surface area contributed by atoms with Crippen molar-refractivity contribution in [2.75, 3.05) is 5.73 Å². The summed E-state index contributed by atoms with van der Waals surface area (Å²) in [6.07, 6.45) is 2.88. The highest BCUT2D eigenvalue weighted by Gasteiger charge is 2.14. The Labute approximate surface area is 115 Å². The normalized spacial score (nSPS) is 11.1. The molecule has 0 aromatic carbocycles. The quantitative estimate of drug-likeness (QED) is 0.943. The van der Waals surface area contributed by atoms with Gasteiger partial charge in [0.1, 0.15) is 5.82 Å². The van der Waals surface area contributed by atoms with E-state index in [9.17, 15) is 0 Å². The van der Waals surface area contributed by atoms with Gasteiger partial charge in [-0.05, 0) is 36.2 Å². The highest BCUT2D eigenvalue weighted by Crippen LogP contribution is 2.23. The standard InChI is InChI=1S/C12H18BrN5/c1-4-9-11(13)10(18(5-2)15-9)7-17-6-8(3)12(14)16-17/h6H,4-5,7H2,1-3H3,(H2,14,16). The van der Waals surface area contributed by atoms with Crippen molar-refractivity contribution in [2.24, 2.45) is 0 Å². The minimum absolute atomic E-state index is 0.587. The summed E-state index contributed by atoms with van der Waals surface area (Å²) in [7, 11) is 0. The van der Waals surface area contributed by atoms with Crippen LogP contribution in [0, 0.1) is 6.92 Å².